The van der Waals surface area contributed by atoms with Crippen molar-refractivity contribution in [2.75, 3.05) is 18.5 Å². The molecule has 0 saturated carbocycles. The summed E-state index contributed by atoms with van der Waals surface area (Å²) in [7, 11) is 1.88. The Bertz CT molecular complexity index is 455. The monoisotopic (exact) mass is 260 g/mol. The van der Waals surface area contributed by atoms with Crippen LogP contribution in [-0.2, 0) is 4.79 Å². The van der Waals surface area contributed by atoms with Crippen LogP contribution in [0.4, 0.5) is 5.69 Å². The molecule has 1 aliphatic rings. The number of hydrogen-bond acceptors (Lipinski definition) is 2. The van der Waals surface area contributed by atoms with E-state index in [1.807, 2.05) is 11.9 Å². The van der Waals surface area contributed by atoms with Gasteiger partial charge < -0.3 is 10.2 Å². The number of aryl methyl sites for hydroxylation is 2. The second kappa shape index (κ2) is 5.33. The molecule has 1 amide bonds. The Morgan fingerprint density at radius 3 is 2.42 bits per heavy atom. The zero-order chi connectivity index (χ0) is 14.0. The zero-order valence-electron chi connectivity index (χ0n) is 12.4. The average molecular weight is 260 g/mol. The van der Waals surface area contributed by atoms with E-state index >= 15 is 0 Å². The van der Waals surface area contributed by atoms with Crippen molar-refractivity contribution in [3.05, 3.63) is 29.3 Å². The summed E-state index contributed by atoms with van der Waals surface area (Å²) in [5.74, 6) is 0.192. The maximum absolute atomic E-state index is 12.8. The molecule has 1 N–H and O–H groups in total. The van der Waals surface area contributed by atoms with E-state index in [9.17, 15) is 4.79 Å². The summed E-state index contributed by atoms with van der Waals surface area (Å²) in [4.78, 5) is 14.6. The van der Waals surface area contributed by atoms with Gasteiger partial charge in [0.2, 0.25) is 5.91 Å². The molecular weight excluding hydrogens is 236 g/mol. The summed E-state index contributed by atoms with van der Waals surface area (Å²) in [5, 5.41) is 3.41. The third kappa shape index (κ3) is 2.66. The van der Waals surface area contributed by atoms with Gasteiger partial charge in [-0.2, -0.15) is 0 Å². The quantitative estimate of drug-likeness (QED) is 0.906. The lowest BCUT2D eigenvalue weighted by molar-refractivity contribution is -0.124. The Labute approximate surface area is 116 Å². The first kappa shape index (κ1) is 14.1. The van der Waals surface area contributed by atoms with Gasteiger partial charge in [-0.15, -0.1) is 0 Å². The first-order valence-electron chi connectivity index (χ1n) is 7.10. The molecule has 1 fully saturated rings. The third-order valence-corrected chi connectivity index (χ3v) is 4.16. The molecule has 1 heterocycles. The van der Waals surface area contributed by atoms with Crippen LogP contribution in [0.2, 0.25) is 0 Å². The lowest BCUT2D eigenvalue weighted by Crippen LogP contribution is -2.53. The lowest BCUT2D eigenvalue weighted by atomic mass is 9.92. The number of carbonyl (C=O) groups is 1. The van der Waals surface area contributed by atoms with Crippen LogP contribution < -0.4 is 10.2 Å². The molecule has 104 valence electrons. The SMILES string of the molecule is CCC1(C(=O)N(C)c2cc(C)cc(C)c2)CCCN1. The van der Waals surface area contributed by atoms with E-state index in [4.69, 9.17) is 0 Å². The summed E-state index contributed by atoms with van der Waals surface area (Å²) in [6.45, 7) is 7.17. The smallest absolute Gasteiger partial charge is 0.247 e. The van der Waals surface area contributed by atoms with Crippen molar-refractivity contribution < 1.29 is 4.79 Å². The summed E-state index contributed by atoms with van der Waals surface area (Å²) in [6.07, 6.45) is 2.87. The van der Waals surface area contributed by atoms with Gasteiger partial charge in [-0.1, -0.05) is 13.0 Å². The van der Waals surface area contributed by atoms with Crippen molar-refractivity contribution in [3.8, 4) is 0 Å². The highest BCUT2D eigenvalue weighted by Gasteiger charge is 2.41. The Morgan fingerprint density at radius 1 is 1.32 bits per heavy atom. The van der Waals surface area contributed by atoms with Crippen molar-refractivity contribution in [2.24, 2.45) is 0 Å². The number of amides is 1. The minimum Gasteiger partial charge on any atom is -0.314 e. The lowest BCUT2D eigenvalue weighted by Gasteiger charge is -2.32. The minimum atomic E-state index is -0.355. The van der Waals surface area contributed by atoms with Crippen molar-refractivity contribution in [3.63, 3.8) is 0 Å². The van der Waals surface area contributed by atoms with Crippen LogP contribution >= 0.6 is 0 Å². The standard InChI is InChI=1S/C16H24N2O/c1-5-16(7-6-8-17-16)15(19)18(4)14-10-12(2)9-13(3)11-14/h9-11,17H,5-8H2,1-4H3. The van der Waals surface area contributed by atoms with E-state index in [0.717, 1.165) is 31.5 Å². The first-order valence-corrected chi connectivity index (χ1v) is 7.10. The first-order chi connectivity index (χ1) is 8.98. The molecule has 1 aromatic rings. The molecule has 3 heteroatoms. The fourth-order valence-corrected chi connectivity index (χ4v) is 3.02. The van der Waals surface area contributed by atoms with Crippen molar-refractivity contribution in [1.82, 2.24) is 5.32 Å². The maximum atomic E-state index is 12.8. The Balaban J connectivity index is 2.27. The summed E-state index contributed by atoms with van der Waals surface area (Å²) >= 11 is 0. The number of benzene rings is 1. The van der Waals surface area contributed by atoms with Crippen LogP contribution in [0.1, 0.15) is 37.3 Å². The topological polar surface area (TPSA) is 32.3 Å². The molecule has 3 nitrogen and oxygen atoms in total. The highest BCUT2D eigenvalue weighted by Crippen LogP contribution is 2.28. The van der Waals surface area contributed by atoms with Gasteiger partial charge in [-0.25, -0.2) is 0 Å². The maximum Gasteiger partial charge on any atom is 0.247 e. The van der Waals surface area contributed by atoms with Crippen molar-refractivity contribution in [1.29, 1.82) is 0 Å². The van der Waals surface area contributed by atoms with Crippen LogP contribution in [0.3, 0.4) is 0 Å². The van der Waals surface area contributed by atoms with Gasteiger partial charge in [0, 0.05) is 12.7 Å². The molecule has 0 radical (unpaired) electrons. The molecule has 1 atom stereocenters. The Kier molecular flexibility index (Phi) is 3.95. The molecular formula is C16H24N2O. The molecule has 2 rings (SSSR count). The van der Waals surface area contributed by atoms with Crippen LogP contribution in [0.25, 0.3) is 0 Å². The molecule has 1 unspecified atom stereocenters. The summed E-state index contributed by atoms with van der Waals surface area (Å²) < 4.78 is 0. The van der Waals surface area contributed by atoms with Crippen LogP contribution in [-0.4, -0.2) is 25.0 Å². The van der Waals surface area contributed by atoms with Gasteiger partial charge in [0.1, 0.15) is 0 Å². The predicted molar refractivity (Wildman–Crippen MR) is 79.6 cm³/mol. The summed E-state index contributed by atoms with van der Waals surface area (Å²) in [6, 6.07) is 6.28. The Hall–Kier alpha value is -1.35. The van der Waals surface area contributed by atoms with Crippen LogP contribution in [0, 0.1) is 13.8 Å². The molecule has 1 aliphatic heterocycles. The second-order valence-corrected chi connectivity index (χ2v) is 5.68. The van der Waals surface area contributed by atoms with Gasteiger partial charge in [0.05, 0.1) is 5.54 Å². The number of likely N-dealkylation sites (N-methyl/N-ethyl adjacent to an activating group) is 1. The van der Waals surface area contributed by atoms with E-state index in [-0.39, 0.29) is 11.4 Å². The largest absolute Gasteiger partial charge is 0.314 e. The van der Waals surface area contributed by atoms with Gasteiger partial charge >= 0.3 is 0 Å². The number of anilines is 1. The van der Waals surface area contributed by atoms with E-state index < -0.39 is 0 Å². The van der Waals surface area contributed by atoms with E-state index in [2.05, 4.69) is 44.3 Å². The molecule has 1 saturated heterocycles. The molecule has 0 aromatic heterocycles. The summed E-state index contributed by atoms with van der Waals surface area (Å²) in [5.41, 5.74) is 3.02. The van der Waals surface area contributed by atoms with Crippen molar-refractivity contribution in [2.45, 2.75) is 45.6 Å². The molecule has 0 bridgehead atoms. The normalized spacial score (nSPS) is 22.5. The highest BCUT2D eigenvalue weighted by molar-refractivity contribution is 6.00. The molecule has 0 spiro atoms. The number of hydrogen-bond donors (Lipinski definition) is 1. The Morgan fingerprint density at radius 2 is 1.95 bits per heavy atom. The third-order valence-electron chi connectivity index (χ3n) is 4.16. The predicted octanol–water partition coefficient (Wildman–Crippen LogP) is 2.80. The second-order valence-electron chi connectivity index (χ2n) is 5.68. The van der Waals surface area contributed by atoms with E-state index in [0.29, 0.717) is 0 Å². The van der Waals surface area contributed by atoms with E-state index in [1.165, 1.54) is 11.1 Å². The van der Waals surface area contributed by atoms with E-state index in [1.54, 1.807) is 0 Å². The zero-order valence-corrected chi connectivity index (χ0v) is 12.4. The minimum absolute atomic E-state index is 0.192. The fourth-order valence-electron chi connectivity index (χ4n) is 3.02. The molecule has 0 aliphatic carbocycles. The van der Waals surface area contributed by atoms with Gasteiger partial charge in [-0.3, -0.25) is 4.79 Å². The van der Waals surface area contributed by atoms with Crippen molar-refractivity contribution >= 4 is 11.6 Å². The fraction of sp³-hybridized carbons (Fsp3) is 0.562. The van der Waals surface area contributed by atoms with Gasteiger partial charge in [-0.05, 0) is 62.9 Å². The number of nitrogens with zero attached hydrogens (tertiary/aromatic N) is 1. The number of rotatable bonds is 3. The average Bonchev–Trinajstić information content (AvgIpc) is 2.85. The number of carbonyl (C=O) groups excluding carboxylic acids is 1. The van der Waals surface area contributed by atoms with Gasteiger partial charge in [0.25, 0.3) is 0 Å². The van der Waals surface area contributed by atoms with Gasteiger partial charge in [0.15, 0.2) is 0 Å². The molecule has 1 aromatic carbocycles. The van der Waals surface area contributed by atoms with Crippen LogP contribution in [0.15, 0.2) is 18.2 Å². The highest BCUT2D eigenvalue weighted by atomic mass is 16.2. The van der Waals surface area contributed by atoms with Crippen LogP contribution in [0.5, 0.6) is 0 Å². The molecule has 19 heavy (non-hydrogen) atoms. The number of nitrogens with one attached hydrogen (secondary N) is 1.